The van der Waals surface area contributed by atoms with Crippen molar-refractivity contribution in [3.8, 4) is 0 Å². The first-order valence-electron chi connectivity index (χ1n) is 17.0. The van der Waals surface area contributed by atoms with Crippen LogP contribution < -0.4 is 0 Å². The van der Waals surface area contributed by atoms with Gasteiger partial charge in [-0.25, -0.2) is 4.57 Å². The molecule has 0 saturated heterocycles. The molecule has 0 saturated carbocycles. The summed E-state index contributed by atoms with van der Waals surface area (Å²) in [5.74, 6) is -0.972. The molecule has 0 aromatic rings. The maximum absolute atomic E-state index is 12.3. The summed E-state index contributed by atoms with van der Waals surface area (Å²) in [6, 6.07) is 0. The Morgan fingerprint density at radius 3 is 1.67 bits per heavy atom. The topological polar surface area (TPSA) is 140 Å². The van der Waals surface area contributed by atoms with Gasteiger partial charge in [0.05, 0.1) is 6.61 Å². The van der Waals surface area contributed by atoms with Crippen molar-refractivity contribution in [2.24, 2.45) is 0 Å². The van der Waals surface area contributed by atoms with Crippen LogP contribution in [-0.4, -0.2) is 52.8 Å². The zero-order valence-corrected chi connectivity index (χ0v) is 28.6. The van der Waals surface area contributed by atoms with Crippen LogP contribution in [0.4, 0.5) is 0 Å². The lowest BCUT2D eigenvalue weighted by atomic mass is 10.1. The number of aliphatic hydroxyl groups excluding tert-OH is 1. The van der Waals surface area contributed by atoms with Crippen molar-refractivity contribution in [3.63, 3.8) is 0 Å². The fourth-order valence-electron chi connectivity index (χ4n) is 4.34. The first-order valence-corrected chi connectivity index (χ1v) is 18.6. The minimum absolute atomic E-state index is 0.126. The largest absolute Gasteiger partial charge is 0.469 e. The van der Waals surface area contributed by atoms with Crippen LogP contribution in [0.3, 0.4) is 0 Å². The number of carbonyl (C=O) groups excluding carboxylic acids is 2. The third kappa shape index (κ3) is 34.7. The van der Waals surface area contributed by atoms with E-state index in [9.17, 15) is 14.2 Å². The second kappa shape index (κ2) is 31.9. The fourth-order valence-corrected chi connectivity index (χ4v) is 4.70. The van der Waals surface area contributed by atoms with Crippen molar-refractivity contribution in [3.05, 3.63) is 48.6 Å². The van der Waals surface area contributed by atoms with E-state index in [0.717, 1.165) is 64.2 Å². The van der Waals surface area contributed by atoms with Crippen LogP contribution >= 0.6 is 7.82 Å². The summed E-state index contributed by atoms with van der Waals surface area (Å²) in [5.41, 5.74) is 0. The van der Waals surface area contributed by atoms with Gasteiger partial charge in [0.25, 0.3) is 0 Å². The zero-order chi connectivity index (χ0) is 33.3. The van der Waals surface area contributed by atoms with Gasteiger partial charge in [-0.1, -0.05) is 113 Å². The van der Waals surface area contributed by atoms with E-state index < -0.39 is 32.5 Å². The summed E-state index contributed by atoms with van der Waals surface area (Å²) in [4.78, 5) is 42.4. The Morgan fingerprint density at radius 1 is 0.622 bits per heavy atom. The molecule has 0 aliphatic rings. The molecule has 0 rings (SSSR count). The highest BCUT2D eigenvalue weighted by Gasteiger charge is 2.22. The molecule has 0 aromatic heterocycles. The molecule has 0 bridgehead atoms. The van der Waals surface area contributed by atoms with E-state index in [2.05, 4.69) is 47.9 Å². The molecule has 0 unspecified atom stereocenters. The van der Waals surface area contributed by atoms with Crippen molar-refractivity contribution in [2.45, 2.75) is 141 Å². The van der Waals surface area contributed by atoms with Crippen LogP contribution in [0.15, 0.2) is 48.6 Å². The summed E-state index contributed by atoms with van der Waals surface area (Å²) in [6.45, 7) is 1.60. The monoisotopic (exact) mass is 656 g/mol. The Bertz CT molecular complexity index is 876. The Hall–Kier alpha value is -2.03. The first kappa shape index (κ1) is 43.0. The first-order chi connectivity index (χ1) is 21.8. The Balaban J connectivity index is 4.11. The molecule has 0 spiro atoms. The zero-order valence-electron chi connectivity index (χ0n) is 27.7. The normalized spacial score (nSPS) is 13.1. The minimum atomic E-state index is -4.76. The quantitative estimate of drug-likeness (QED) is 0.0290. The van der Waals surface area contributed by atoms with E-state index in [1.165, 1.54) is 32.1 Å². The minimum Gasteiger partial charge on any atom is -0.462 e. The number of aliphatic hydroxyl groups is 1. The lowest BCUT2D eigenvalue weighted by Crippen LogP contribution is -2.29. The van der Waals surface area contributed by atoms with Crippen LogP contribution in [0.1, 0.15) is 135 Å². The number of carbonyl (C=O) groups is 2. The molecular formula is C35H61O9P. The molecule has 0 aliphatic carbocycles. The highest BCUT2D eigenvalue weighted by molar-refractivity contribution is 7.46. The highest BCUT2D eigenvalue weighted by Crippen LogP contribution is 2.35. The van der Waals surface area contributed by atoms with Crippen LogP contribution in [0, 0.1) is 0 Å². The summed E-state index contributed by atoms with van der Waals surface area (Å²) >= 11 is 0. The number of rotatable bonds is 31. The number of ether oxygens (including phenoxy) is 2. The molecule has 3 N–H and O–H groups in total. The predicted molar refractivity (Wildman–Crippen MR) is 180 cm³/mol. The third-order valence-electron chi connectivity index (χ3n) is 6.91. The van der Waals surface area contributed by atoms with Crippen molar-refractivity contribution < 1.29 is 43.0 Å². The Kier molecular flexibility index (Phi) is 30.5. The van der Waals surface area contributed by atoms with E-state index >= 15 is 0 Å². The maximum atomic E-state index is 12.3. The average Bonchev–Trinajstić information content (AvgIpc) is 3.00. The maximum Gasteiger partial charge on any atom is 0.469 e. The molecule has 0 amide bonds. The third-order valence-corrected chi connectivity index (χ3v) is 7.39. The van der Waals surface area contributed by atoms with Gasteiger partial charge >= 0.3 is 19.8 Å². The van der Waals surface area contributed by atoms with Crippen molar-refractivity contribution in [1.29, 1.82) is 0 Å². The molecule has 260 valence electrons. The number of phosphoric acid groups is 1. The summed E-state index contributed by atoms with van der Waals surface area (Å²) < 4.78 is 26.1. The number of esters is 2. The molecule has 0 aliphatic heterocycles. The molecule has 0 heterocycles. The smallest absolute Gasteiger partial charge is 0.462 e. The summed E-state index contributed by atoms with van der Waals surface area (Å²) in [7, 11) is -4.76. The second-order valence-electron chi connectivity index (χ2n) is 11.2. The SMILES string of the molecule is CCCCCCCCCCCC(=O)OC[C@H](COP(=O)(O)O)OC(=O)CCC/C=C\C/C=C\C/C=C\C/C=C\CCCCCO. The van der Waals surface area contributed by atoms with Crippen LogP contribution in [0.25, 0.3) is 0 Å². The average molecular weight is 657 g/mol. The highest BCUT2D eigenvalue weighted by atomic mass is 31.2. The van der Waals surface area contributed by atoms with Gasteiger partial charge in [0.1, 0.15) is 6.61 Å². The van der Waals surface area contributed by atoms with Gasteiger partial charge in [-0.15, -0.1) is 0 Å². The lowest BCUT2D eigenvalue weighted by molar-refractivity contribution is -0.161. The molecule has 0 aromatic carbocycles. The number of allylic oxidation sites excluding steroid dienone is 8. The van der Waals surface area contributed by atoms with E-state index in [4.69, 9.17) is 24.4 Å². The Labute approximate surface area is 272 Å². The van der Waals surface area contributed by atoms with Crippen LogP contribution in [0.2, 0.25) is 0 Å². The predicted octanol–water partition coefficient (Wildman–Crippen LogP) is 8.59. The van der Waals surface area contributed by atoms with E-state index in [1.54, 1.807) is 0 Å². The molecule has 45 heavy (non-hydrogen) atoms. The van der Waals surface area contributed by atoms with Gasteiger partial charge in [-0.2, -0.15) is 0 Å². The molecule has 0 radical (unpaired) electrons. The Morgan fingerprint density at radius 2 is 1.11 bits per heavy atom. The standard InChI is InChI=1S/C35H61O9P/c1-2-3-4-5-6-16-19-22-25-28-34(37)42-31-33(32-43-45(39,40)41)44-35(38)29-26-23-20-17-14-12-10-8-7-9-11-13-15-18-21-24-27-30-36/h7,9-10,12-13,15,17,20,33,36H,2-6,8,11,14,16,18-19,21-32H2,1H3,(H2,39,40,41)/b9-7-,12-10-,15-13-,20-17-/t33-/m1/s1. The van der Waals surface area contributed by atoms with E-state index in [-0.39, 0.29) is 26.1 Å². The molecule has 1 atom stereocenters. The van der Waals surface area contributed by atoms with Crippen molar-refractivity contribution >= 4 is 19.8 Å². The second-order valence-corrected chi connectivity index (χ2v) is 12.5. The molecule has 9 nitrogen and oxygen atoms in total. The van der Waals surface area contributed by atoms with Gasteiger partial charge in [0, 0.05) is 19.4 Å². The van der Waals surface area contributed by atoms with Gasteiger partial charge in [-0.3, -0.25) is 14.1 Å². The van der Waals surface area contributed by atoms with Crippen molar-refractivity contribution in [1.82, 2.24) is 0 Å². The van der Waals surface area contributed by atoms with Gasteiger partial charge < -0.3 is 24.4 Å². The number of unbranched alkanes of at least 4 members (excludes halogenated alkanes) is 12. The fraction of sp³-hybridized carbons (Fsp3) is 0.714. The lowest BCUT2D eigenvalue weighted by Gasteiger charge is -2.18. The van der Waals surface area contributed by atoms with Gasteiger partial charge in [0.2, 0.25) is 0 Å². The molecular weight excluding hydrogens is 595 g/mol. The number of phosphoric ester groups is 1. The van der Waals surface area contributed by atoms with Crippen LogP contribution in [0.5, 0.6) is 0 Å². The molecule has 0 fully saturated rings. The van der Waals surface area contributed by atoms with E-state index in [1.807, 2.05) is 12.2 Å². The molecule has 10 heteroatoms. The number of hydrogen-bond donors (Lipinski definition) is 3. The van der Waals surface area contributed by atoms with Crippen LogP contribution in [-0.2, 0) is 28.2 Å². The van der Waals surface area contributed by atoms with Gasteiger partial charge in [-0.05, 0) is 57.8 Å². The summed E-state index contributed by atoms with van der Waals surface area (Å²) in [5, 5.41) is 8.75. The van der Waals surface area contributed by atoms with E-state index in [0.29, 0.717) is 19.3 Å². The van der Waals surface area contributed by atoms with Gasteiger partial charge in [0.15, 0.2) is 6.10 Å². The van der Waals surface area contributed by atoms with Crippen molar-refractivity contribution in [2.75, 3.05) is 19.8 Å². The summed E-state index contributed by atoms with van der Waals surface area (Å²) in [6.07, 6.45) is 34.3. The number of hydrogen-bond acceptors (Lipinski definition) is 7.